The lowest BCUT2D eigenvalue weighted by Gasteiger charge is -2.09. The molecule has 0 unspecified atom stereocenters. The van der Waals surface area contributed by atoms with Gasteiger partial charge in [0.1, 0.15) is 16.9 Å². The van der Waals surface area contributed by atoms with Crippen LogP contribution in [0.4, 0.5) is 0 Å². The lowest BCUT2D eigenvalue weighted by molar-refractivity contribution is 0.415. The van der Waals surface area contributed by atoms with Crippen LogP contribution in [0.15, 0.2) is 52.6 Å². The smallest absolute Gasteiger partial charge is 0.282 e. The van der Waals surface area contributed by atoms with E-state index in [-0.39, 0.29) is 5.56 Å². The van der Waals surface area contributed by atoms with Crippen LogP contribution in [-0.4, -0.2) is 23.0 Å². The van der Waals surface area contributed by atoms with Crippen LogP contribution in [-0.2, 0) is 12.8 Å². The molecule has 140 valence electrons. The number of hydrogen-bond donors (Lipinski definition) is 0. The van der Waals surface area contributed by atoms with E-state index in [0.29, 0.717) is 0 Å². The SMILES string of the molecule is COc1ccc2cc(/C=N/n3cnc4sc5c(c4c3=O)CCCC5)ccc2c1. The van der Waals surface area contributed by atoms with Gasteiger partial charge < -0.3 is 4.74 Å². The van der Waals surface area contributed by atoms with E-state index < -0.39 is 0 Å². The summed E-state index contributed by atoms with van der Waals surface area (Å²) in [7, 11) is 1.66. The molecule has 5 nitrogen and oxygen atoms in total. The summed E-state index contributed by atoms with van der Waals surface area (Å²) in [5.74, 6) is 0.832. The Morgan fingerprint density at radius 3 is 2.86 bits per heavy atom. The lowest BCUT2D eigenvalue weighted by atomic mass is 9.97. The average molecular weight is 389 g/mol. The molecule has 0 saturated heterocycles. The van der Waals surface area contributed by atoms with E-state index in [4.69, 9.17) is 4.74 Å². The monoisotopic (exact) mass is 389 g/mol. The maximum absolute atomic E-state index is 13.0. The van der Waals surface area contributed by atoms with Crippen molar-refractivity contribution < 1.29 is 4.74 Å². The number of benzene rings is 2. The topological polar surface area (TPSA) is 56.5 Å². The summed E-state index contributed by atoms with van der Waals surface area (Å²) in [6.07, 6.45) is 7.58. The van der Waals surface area contributed by atoms with Gasteiger partial charge in [-0.2, -0.15) is 9.78 Å². The summed E-state index contributed by atoms with van der Waals surface area (Å²) in [6.45, 7) is 0. The van der Waals surface area contributed by atoms with Gasteiger partial charge in [0.25, 0.3) is 5.56 Å². The zero-order valence-corrected chi connectivity index (χ0v) is 16.3. The molecule has 2 heterocycles. The fourth-order valence-corrected chi connectivity index (χ4v) is 5.02. The summed E-state index contributed by atoms with van der Waals surface area (Å²) in [5.41, 5.74) is 2.04. The van der Waals surface area contributed by atoms with Crippen LogP contribution in [0.5, 0.6) is 5.75 Å². The van der Waals surface area contributed by atoms with Gasteiger partial charge in [0.2, 0.25) is 0 Å². The van der Waals surface area contributed by atoms with Crippen LogP contribution in [0, 0.1) is 0 Å². The molecule has 1 aliphatic carbocycles. The predicted molar refractivity (Wildman–Crippen MR) is 114 cm³/mol. The Morgan fingerprint density at radius 1 is 1.14 bits per heavy atom. The molecule has 0 fully saturated rings. The fraction of sp³-hybridized carbons (Fsp3) is 0.227. The Morgan fingerprint density at radius 2 is 1.96 bits per heavy atom. The first-order chi connectivity index (χ1) is 13.7. The number of aromatic nitrogens is 2. The molecule has 28 heavy (non-hydrogen) atoms. The van der Waals surface area contributed by atoms with Crippen LogP contribution in [0.25, 0.3) is 21.0 Å². The molecule has 5 rings (SSSR count). The molecule has 4 aromatic rings. The van der Waals surface area contributed by atoms with Crippen LogP contribution in [0.1, 0.15) is 28.8 Å². The van der Waals surface area contributed by atoms with Crippen molar-refractivity contribution in [1.29, 1.82) is 0 Å². The fourth-order valence-electron chi connectivity index (χ4n) is 3.80. The highest BCUT2D eigenvalue weighted by atomic mass is 32.1. The zero-order valence-electron chi connectivity index (χ0n) is 15.5. The normalized spacial score (nSPS) is 14.0. The third kappa shape index (κ3) is 2.90. The summed E-state index contributed by atoms with van der Waals surface area (Å²) in [5, 5.41) is 7.34. The maximum atomic E-state index is 13.0. The predicted octanol–water partition coefficient (Wildman–Crippen LogP) is 4.38. The molecule has 0 atom stereocenters. The first-order valence-electron chi connectivity index (χ1n) is 9.37. The number of nitrogens with zero attached hydrogens (tertiary/aromatic N) is 3. The number of fused-ring (bicyclic) bond motifs is 4. The molecular formula is C22H19N3O2S. The molecule has 2 aromatic carbocycles. The third-order valence-electron chi connectivity index (χ3n) is 5.26. The van der Waals surface area contributed by atoms with E-state index in [2.05, 4.69) is 10.1 Å². The summed E-state index contributed by atoms with van der Waals surface area (Å²) < 4.78 is 6.62. The van der Waals surface area contributed by atoms with Gasteiger partial charge in [0.15, 0.2) is 0 Å². The minimum absolute atomic E-state index is 0.0776. The number of ether oxygens (including phenoxy) is 1. The quantitative estimate of drug-likeness (QED) is 0.489. The van der Waals surface area contributed by atoms with E-state index in [1.165, 1.54) is 27.9 Å². The number of aryl methyl sites for hydroxylation is 2. The van der Waals surface area contributed by atoms with Crippen LogP contribution in [0.3, 0.4) is 0 Å². The Bertz CT molecular complexity index is 1290. The van der Waals surface area contributed by atoms with E-state index >= 15 is 0 Å². The van der Waals surface area contributed by atoms with Crippen LogP contribution >= 0.6 is 11.3 Å². The third-order valence-corrected chi connectivity index (χ3v) is 6.46. The van der Waals surface area contributed by atoms with E-state index in [0.717, 1.165) is 51.6 Å². The molecule has 0 amide bonds. The summed E-state index contributed by atoms with van der Waals surface area (Å²) >= 11 is 1.65. The van der Waals surface area contributed by atoms with Gasteiger partial charge in [0.05, 0.1) is 18.7 Å². The molecule has 6 heteroatoms. The van der Waals surface area contributed by atoms with Crippen molar-refractivity contribution in [1.82, 2.24) is 9.66 Å². The zero-order chi connectivity index (χ0) is 19.1. The minimum Gasteiger partial charge on any atom is -0.497 e. The van der Waals surface area contributed by atoms with Crippen molar-refractivity contribution in [2.75, 3.05) is 7.11 Å². The second kappa shape index (κ2) is 6.87. The summed E-state index contributed by atoms with van der Waals surface area (Å²) in [6, 6.07) is 12.0. The van der Waals surface area contributed by atoms with Gasteiger partial charge in [-0.25, -0.2) is 4.98 Å². The van der Waals surface area contributed by atoms with Crippen molar-refractivity contribution >= 4 is 38.5 Å². The van der Waals surface area contributed by atoms with Gasteiger partial charge >= 0.3 is 0 Å². The Labute approximate surface area is 165 Å². The van der Waals surface area contributed by atoms with E-state index in [9.17, 15) is 4.79 Å². The lowest BCUT2D eigenvalue weighted by Crippen LogP contribution is -2.18. The minimum atomic E-state index is -0.0776. The Balaban J connectivity index is 1.52. The molecule has 0 radical (unpaired) electrons. The summed E-state index contributed by atoms with van der Waals surface area (Å²) in [4.78, 5) is 19.6. The molecule has 0 saturated carbocycles. The molecule has 0 N–H and O–H groups in total. The largest absolute Gasteiger partial charge is 0.497 e. The van der Waals surface area contributed by atoms with Gasteiger partial charge in [-0.05, 0) is 65.8 Å². The Kier molecular flexibility index (Phi) is 4.20. The van der Waals surface area contributed by atoms with Crippen LogP contribution < -0.4 is 10.3 Å². The van der Waals surface area contributed by atoms with Crippen molar-refractivity contribution in [2.45, 2.75) is 25.7 Å². The van der Waals surface area contributed by atoms with Gasteiger partial charge in [-0.15, -0.1) is 11.3 Å². The van der Waals surface area contributed by atoms with E-state index in [1.54, 1.807) is 24.7 Å². The molecule has 0 spiro atoms. The van der Waals surface area contributed by atoms with E-state index in [1.807, 2.05) is 36.4 Å². The first kappa shape index (κ1) is 17.1. The molecular weight excluding hydrogens is 370 g/mol. The van der Waals surface area contributed by atoms with Gasteiger partial charge in [0, 0.05) is 4.88 Å². The van der Waals surface area contributed by atoms with Gasteiger partial charge in [-0.3, -0.25) is 4.79 Å². The molecule has 0 aliphatic heterocycles. The van der Waals surface area contributed by atoms with Crippen LogP contribution in [0.2, 0.25) is 0 Å². The average Bonchev–Trinajstić information content (AvgIpc) is 3.12. The maximum Gasteiger partial charge on any atom is 0.282 e. The number of thiophene rings is 1. The van der Waals surface area contributed by atoms with Gasteiger partial charge in [-0.1, -0.05) is 18.2 Å². The molecule has 1 aliphatic rings. The second-order valence-corrected chi connectivity index (χ2v) is 8.09. The molecule has 0 bridgehead atoms. The van der Waals surface area contributed by atoms with Crippen molar-refractivity contribution in [3.8, 4) is 5.75 Å². The van der Waals surface area contributed by atoms with Crippen molar-refractivity contribution in [2.24, 2.45) is 5.10 Å². The Hall–Kier alpha value is -2.99. The van der Waals surface area contributed by atoms with Crippen molar-refractivity contribution in [3.05, 3.63) is 69.1 Å². The molecule has 2 aromatic heterocycles. The highest BCUT2D eigenvalue weighted by molar-refractivity contribution is 7.18. The first-order valence-corrected chi connectivity index (χ1v) is 10.2. The number of methoxy groups -OCH3 is 1. The number of rotatable bonds is 3. The number of hydrogen-bond acceptors (Lipinski definition) is 5. The van der Waals surface area contributed by atoms with Crippen molar-refractivity contribution in [3.63, 3.8) is 0 Å². The second-order valence-electron chi connectivity index (χ2n) is 7.00. The highest BCUT2D eigenvalue weighted by Gasteiger charge is 2.19. The highest BCUT2D eigenvalue weighted by Crippen LogP contribution is 2.33. The standard InChI is InChI=1S/C22H19N3O2S/c1-27-17-9-8-15-10-14(6-7-16(15)11-17)12-24-25-13-23-21-20(22(25)26)18-4-2-3-5-19(18)28-21/h6-13H,2-5H2,1H3/b24-12+.